The van der Waals surface area contributed by atoms with Gasteiger partial charge in [0.25, 0.3) is 0 Å². The second-order valence-electron chi connectivity index (χ2n) is 4.14. The maximum Gasteiger partial charge on any atom is 0.200 e. The van der Waals surface area contributed by atoms with E-state index in [0.29, 0.717) is 11.5 Å². The topological polar surface area (TPSA) is 68.0 Å². The fourth-order valence-corrected chi connectivity index (χ4v) is 2.22. The molecule has 0 spiro atoms. The first-order valence-corrected chi connectivity index (χ1v) is 5.74. The van der Waals surface area contributed by atoms with Crippen molar-refractivity contribution in [3.8, 4) is 0 Å². The van der Waals surface area contributed by atoms with Gasteiger partial charge < -0.3 is 5.32 Å². The van der Waals surface area contributed by atoms with E-state index in [-0.39, 0.29) is 5.54 Å². The van der Waals surface area contributed by atoms with E-state index in [1.807, 2.05) is 12.1 Å². The van der Waals surface area contributed by atoms with Gasteiger partial charge in [0, 0.05) is 5.88 Å². The van der Waals surface area contributed by atoms with Crippen LogP contribution in [0.2, 0.25) is 0 Å². The number of anilines is 1. The molecule has 1 saturated carbocycles. The fourth-order valence-electron chi connectivity index (χ4n) is 1.88. The summed E-state index contributed by atoms with van der Waals surface area (Å²) in [7, 11) is 0. The fraction of sp³-hybridized carbons (Fsp3) is 0.556. The highest BCUT2D eigenvalue weighted by Gasteiger charge is 2.36. The van der Waals surface area contributed by atoms with Crippen LogP contribution in [0.3, 0.4) is 0 Å². The molecule has 16 heavy (non-hydrogen) atoms. The van der Waals surface area contributed by atoms with Crippen molar-refractivity contribution in [2.45, 2.75) is 24.8 Å². The van der Waals surface area contributed by atoms with E-state index < -0.39 is 0 Å². The summed E-state index contributed by atoms with van der Waals surface area (Å²) in [6, 6.07) is 3.70. The van der Waals surface area contributed by atoms with Gasteiger partial charge in [0.15, 0.2) is 5.65 Å². The summed E-state index contributed by atoms with van der Waals surface area (Å²) >= 11 is 5.97. The van der Waals surface area contributed by atoms with E-state index >= 15 is 0 Å². The molecule has 0 aromatic carbocycles. The number of halogens is 1. The summed E-state index contributed by atoms with van der Waals surface area (Å²) in [6.45, 7) is 0. The molecule has 0 radical (unpaired) electrons. The second-order valence-corrected chi connectivity index (χ2v) is 4.40. The smallest absolute Gasteiger partial charge is 0.200 e. The highest BCUT2D eigenvalue weighted by Crippen LogP contribution is 2.35. The van der Waals surface area contributed by atoms with Crippen molar-refractivity contribution in [2.24, 2.45) is 0 Å². The third kappa shape index (κ3) is 1.49. The molecule has 1 aliphatic carbocycles. The first-order valence-electron chi connectivity index (χ1n) is 5.21. The quantitative estimate of drug-likeness (QED) is 0.811. The molecule has 1 aliphatic rings. The zero-order valence-corrected chi connectivity index (χ0v) is 9.35. The van der Waals surface area contributed by atoms with Crippen LogP contribution in [0, 0.1) is 0 Å². The summed E-state index contributed by atoms with van der Waals surface area (Å²) < 4.78 is 1.41. The number of hydrogen-bond donors (Lipinski definition) is 1. The van der Waals surface area contributed by atoms with E-state index in [9.17, 15) is 0 Å². The van der Waals surface area contributed by atoms with E-state index in [0.717, 1.165) is 18.7 Å². The molecule has 0 saturated heterocycles. The van der Waals surface area contributed by atoms with Gasteiger partial charge in [-0.05, 0) is 41.8 Å². The maximum absolute atomic E-state index is 5.97. The Hall–Kier alpha value is -1.43. The minimum Gasteiger partial charge on any atom is -0.362 e. The van der Waals surface area contributed by atoms with Crippen molar-refractivity contribution < 1.29 is 0 Å². The number of nitrogens with one attached hydrogen (secondary N) is 1. The van der Waals surface area contributed by atoms with Crippen LogP contribution in [-0.4, -0.2) is 36.7 Å². The lowest BCUT2D eigenvalue weighted by Gasteiger charge is -2.41. The zero-order chi connectivity index (χ0) is 11.0. The molecule has 0 aliphatic heterocycles. The minimum atomic E-state index is 0.0102. The number of rotatable bonds is 3. The first-order chi connectivity index (χ1) is 7.81. The van der Waals surface area contributed by atoms with Crippen LogP contribution >= 0.6 is 11.6 Å². The van der Waals surface area contributed by atoms with Crippen LogP contribution < -0.4 is 5.32 Å². The van der Waals surface area contributed by atoms with Gasteiger partial charge in [-0.25, -0.2) is 0 Å². The molecule has 6 nitrogen and oxygen atoms in total. The van der Waals surface area contributed by atoms with Crippen molar-refractivity contribution in [2.75, 3.05) is 11.2 Å². The van der Waals surface area contributed by atoms with Crippen molar-refractivity contribution in [3.05, 3.63) is 12.1 Å². The number of nitrogens with zero attached hydrogens (tertiary/aromatic N) is 5. The van der Waals surface area contributed by atoms with Gasteiger partial charge in [0.2, 0.25) is 0 Å². The van der Waals surface area contributed by atoms with E-state index in [4.69, 9.17) is 11.6 Å². The summed E-state index contributed by atoms with van der Waals surface area (Å²) in [6.07, 6.45) is 3.39. The van der Waals surface area contributed by atoms with Gasteiger partial charge in [-0.15, -0.1) is 26.4 Å². The van der Waals surface area contributed by atoms with Gasteiger partial charge in [-0.1, -0.05) is 0 Å². The molecule has 2 aromatic rings. The number of fused-ring (bicyclic) bond motifs is 1. The predicted octanol–water partition coefficient (Wildman–Crippen LogP) is 1.09. The Morgan fingerprint density at radius 2 is 2.31 bits per heavy atom. The van der Waals surface area contributed by atoms with E-state index in [2.05, 4.69) is 25.9 Å². The van der Waals surface area contributed by atoms with Gasteiger partial charge in [0.05, 0.1) is 5.54 Å². The summed E-state index contributed by atoms with van der Waals surface area (Å²) in [5.74, 6) is 1.36. The van der Waals surface area contributed by atoms with E-state index in [1.54, 1.807) is 0 Å². The highest BCUT2D eigenvalue weighted by molar-refractivity contribution is 6.19. The molecule has 2 heterocycles. The molecule has 0 amide bonds. The van der Waals surface area contributed by atoms with Crippen LogP contribution in [0.25, 0.3) is 5.65 Å². The monoisotopic (exact) mass is 238 g/mol. The number of alkyl halides is 1. The minimum absolute atomic E-state index is 0.0102. The molecule has 1 N–H and O–H groups in total. The van der Waals surface area contributed by atoms with E-state index in [1.165, 1.54) is 11.1 Å². The van der Waals surface area contributed by atoms with Gasteiger partial charge in [-0.2, -0.15) is 0 Å². The third-order valence-electron chi connectivity index (χ3n) is 3.03. The molecule has 2 aromatic heterocycles. The van der Waals surface area contributed by atoms with Crippen molar-refractivity contribution in [1.29, 1.82) is 0 Å². The largest absolute Gasteiger partial charge is 0.362 e. The van der Waals surface area contributed by atoms with Gasteiger partial charge in [0.1, 0.15) is 5.82 Å². The second kappa shape index (κ2) is 3.55. The van der Waals surface area contributed by atoms with Crippen molar-refractivity contribution in [3.63, 3.8) is 0 Å². The Morgan fingerprint density at radius 1 is 1.44 bits per heavy atom. The van der Waals surface area contributed by atoms with Crippen molar-refractivity contribution >= 4 is 23.1 Å². The number of tetrazole rings is 1. The molecule has 84 valence electrons. The summed E-state index contributed by atoms with van der Waals surface area (Å²) in [4.78, 5) is 0. The lowest BCUT2D eigenvalue weighted by atomic mass is 9.78. The number of hydrogen-bond acceptors (Lipinski definition) is 5. The first kappa shape index (κ1) is 9.77. The lowest BCUT2D eigenvalue weighted by Crippen LogP contribution is -2.47. The zero-order valence-electron chi connectivity index (χ0n) is 8.60. The van der Waals surface area contributed by atoms with Crippen LogP contribution in [0.4, 0.5) is 5.82 Å². The Labute approximate surface area is 97.0 Å². The third-order valence-corrected chi connectivity index (χ3v) is 3.54. The van der Waals surface area contributed by atoms with Gasteiger partial charge >= 0.3 is 0 Å². The number of aromatic nitrogens is 5. The average molecular weight is 239 g/mol. The van der Waals surface area contributed by atoms with Crippen LogP contribution in [0.15, 0.2) is 12.1 Å². The standard InChI is InChI=1S/C9H11ClN6/c10-6-9(4-1-5-9)11-7-2-3-8-12-14-15-16(8)13-7/h2-3H,1,4-6H2,(H,11,13). The molecule has 0 bridgehead atoms. The maximum atomic E-state index is 5.97. The molecule has 1 fully saturated rings. The molecule has 0 atom stereocenters. The lowest BCUT2D eigenvalue weighted by molar-refractivity contribution is 0.309. The predicted molar refractivity (Wildman–Crippen MR) is 59.5 cm³/mol. The van der Waals surface area contributed by atoms with Gasteiger partial charge in [-0.3, -0.25) is 0 Å². The summed E-state index contributed by atoms with van der Waals surface area (Å²) in [5.41, 5.74) is 0.648. The average Bonchev–Trinajstić information content (AvgIpc) is 2.70. The Bertz CT molecular complexity index is 500. The molecule has 0 unspecified atom stereocenters. The SMILES string of the molecule is ClCC1(Nc2ccc3nnnn3n2)CCC1. The molecular formula is C9H11ClN6. The Morgan fingerprint density at radius 3 is 3.00 bits per heavy atom. The van der Waals surface area contributed by atoms with Crippen LogP contribution in [0.1, 0.15) is 19.3 Å². The highest BCUT2D eigenvalue weighted by atomic mass is 35.5. The molecular weight excluding hydrogens is 228 g/mol. The normalized spacial score (nSPS) is 18.3. The Kier molecular flexibility index (Phi) is 2.17. The van der Waals surface area contributed by atoms with Crippen LogP contribution in [0.5, 0.6) is 0 Å². The van der Waals surface area contributed by atoms with Crippen molar-refractivity contribution in [1.82, 2.24) is 25.3 Å². The Balaban J connectivity index is 1.88. The molecule has 3 rings (SSSR count). The summed E-state index contributed by atoms with van der Waals surface area (Å²) in [5, 5.41) is 18.7. The van der Waals surface area contributed by atoms with Crippen LogP contribution in [-0.2, 0) is 0 Å². The molecule has 7 heteroatoms.